The van der Waals surface area contributed by atoms with E-state index in [2.05, 4.69) is 22.3 Å². The highest BCUT2D eigenvalue weighted by molar-refractivity contribution is 5.88. The lowest BCUT2D eigenvalue weighted by Gasteiger charge is -2.36. The summed E-state index contributed by atoms with van der Waals surface area (Å²) in [5.74, 6) is 0.648. The van der Waals surface area contributed by atoms with Crippen molar-refractivity contribution in [2.75, 3.05) is 37.6 Å². The second-order valence-corrected chi connectivity index (χ2v) is 6.91. The normalized spacial score (nSPS) is 18.2. The molecule has 5 heteroatoms. The number of amides is 2. The second kappa shape index (κ2) is 8.19. The molecular weight excluding hydrogens is 314 g/mol. The van der Waals surface area contributed by atoms with Crippen LogP contribution in [0.5, 0.6) is 0 Å². The number of anilines is 1. The van der Waals surface area contributed by atoms with E-state index in [4.69, 9.17) is 0 Å². The van der Waals surface area contributed by atoms with Crippen molar-refractivity contribution in [2.24, 2.45) is 5.92 Å². The highest BCUT2D eigenvalue weighted by Crippen LogP contribution is 2.35. The van der Waals surface area contributed by atoms with Gasteiger partial charge in [-0.2, -0.15) is 0 Å². The first kappa shape index (κ1) is 17.5. The average molecular weight is 341 g/mol. The fraction of sp³-hybridized carbons (Fsp3) is 0.500. The molecule has 2 amide bonds. The van der Waals surface area contributed by atoms with Crippen LogP contribution < -0.4 is 10.2 Å². The SMILES string of the molecule is CC(=CC(=O)NCCC(=O)N1CCN(c2ccccc2)CC1)C1CC1. The average Bonchev–Trinajstić information content (AvgIpc) is 3.48. The summed E-state index contributed by atoms with van der Waals surface area (Å²) >= 11 is 0. The number of benzene rings is 1. The lowest BCUT2D eigenvalue weighted by atomic mass is 10.2. The lowest BCUT2D eigenvalue weighted by molar-refractivity contribution is -0.131. The molecule has 0 spiro atoms. The van der Waals surface area contributed by atoms with E-state index in [0.717, 1.165) is 31.8 Å². The van der Waals surface area contributed by atoms with Crippen LogP contribution in [0.1, 0.15) is 26.2 Å². The first-order valence-electron chi connectivity index (χ1n) is 9.17. The quantitative estimate of drug-likeness (QED) is 0.807. The summed E-state index contributed by atoms with van der Waals surface area (Å²) in [5, 5.41) is 2.83. The molecule has 1 aromatic carbocycles. The molecule has 1 aliphatic heterocycles. The molecule has 1 aromatic rings. The van der Waals surface area contributed by atoms with Gasteiger partial charge < -0.3 is 15.1 Å². The molecule has 134 valence electrons. The summed E-state index contributed by atoms with van der Waals surface area (Å²) < 4.78 is 0. The lowest BCUT2D eigenvalue weighted by Crippen LogP contribution is -2.49. The number of piperazine rings is 1. The van der Waals surface area contributed by atoms with Crippen LogP contribution in [0, 0.1) is 5.92 Å². The Labute approximate surface area is 149 Å². The van der Waals surface area contributed by atoms with Crippen molar-refractivity contribution in [1.29, 1.82) is 0 Å². The minimum absolute atomic E-state index is 0.0777. The number of nitrogens with zero attached hydrogens (tertiary/aromatic N) is 2. The van der Waals surface area contributed by atoms with Crippen molar-refractivity contribution in [3.8, 4) is 0 Å². The zero-order valence-corrected chi connectivity index (χ0v) is 14.9. The second-order valence-electron chi connectivity index (χ2n) is 6.91. The van der Waals surface area contributed by atoms with Crippen molar-refractivity contribution in [3.63, 3.8) is 0 Å². The molecule has 0 radical (unpaired) electrons. The fourth-order valence-corrected chi connectivity index (χ4v) is 3.22. The molecule has 5 nitrogen and oxygen atoms in total. The molecule has 0 atom stereocenters. The van der Waals surface area contributed by atoms with Gasteiger partial charge in [0.15, 0.2) is 0 Å². The number of hydrogen-bond acceptors (Lipinski definition) is 3. The van der Waals surface area contributed by atoms with E-state index in [-0.39, 0.29) is 11.8 Å². The minimum Gasteiger partial charge on any atom is -0.368 e. The number of para-hydroxylation sites is 1. The molecule has 1 saturated heterocycles. The van der Waals surface area contributed by atoms with Gasteiger partial charge in [0.25, 0.3) is 0 Å². The van der Waals surface area contributed by atoms with Crippen LogP contribution >= 0.6 is 0 Å². The van der Waals surface area contributed by atoms with E-state index in [0.29, 0.717) is 18.9 Å². The van der Waals surface area contributed by atoms with Gasteiger partial charge >= 0.3 is 0 Å². The summed E-state index contributed by atoms with van der Waals surface area (Å²) in [5.41, 5.74) is 2.36. The molecular formula is C20H27N3O2. The Hall–Kier alpha value is -2.30. The van der Waals surface area contributed by atoms with Crippen molar-refractivity contribution < 1.29 is 9.59 Å². The van der Waals surface area contributed by atoms with Crippen molar-refractivity contribution >= 4 is 17.5 Å². The Morgan fingerprint density at radius 3 is 2.44 bits per heavy atom. The van der Waals surface area contributed by atoms with E-state index in [1.165, 1.54) is 18.5 Å². The molecule has 1 aliphatic carbocycles. The summed E-state index contributed by atoms with van der Waals surface area (Å²) in [6.07, 6.45) is 4.44. The molecule has 0 bridgehead atoms. The predicted molar refractivity (Wildman–Crippen MR) is 99.3 cm³/mol. The number of nitrogens with one attached hydrogen (secondary N) is 1. The Kier molecular flexibility index (Phi) is 5.74. The third-order valence-electron chi connectivity index (χ3n) is 4.97. The molecule has 3 rings (SSSR count). The minimum atomic E-state index is -0.0777. The third kappa shape index (κ3) is 5.08. The predicted octanol–water partition coefficient (Wildman–Crippen LogP) is 2.20. The van der Waals surface area contributed by atoms with Crippen LogP contribution in [-0.4, -0.2) is 49.4 Å². The van der Waals surface area contributed by atoms with Crippen LogP contribution in [0.3, 0.4) is 0 Å². The Morgan fingerprint density at radius 2 is 1.80 bits per heavy atom. The smallest absolute Gasteiger partial charge is 0.243 e. The molecule has 1 heterocycles. The van der Waals surface area contributed by atoms with Crippen LogP contribution in [0.15, 0.2) is 42.0 Å². The first-order valence-corrected chi connectivity index (χ1v) is 9.17. The maximum absolute atomic E-state index is 12.3. The topological polar surface area (TPSA) is 52.7 Å². The molecule has 1 saturated carbocycles. The highest BCUT2D eigenvalue weighted by Gasteiger charge is 2.23. The summed E-state index contributed by atoms with van der Waals surface area (Å²) in [4.78, 5) is 28.3. The largest absolute Gasteiger partial charge is 0.368 e. The summed E-state index contributed by atoms with van der Waals surface area (Å²) in [6.45, 7) is 5.60. The summed E-state index contributed by atoms with van der Waals surface area (Å²) in [6, 6.07) is 10.3. The molecule has 2 aliphatic rings. The van der Waals surface area contributed by atoms with Crippen molar-refractivity contribution in [1.82, 2.24) is 10.2 Å². The number of carbonyl (C=O) groups is 2. The zero-order valence-electron chi connectivity index (χ0n) is 14.9. The van der Waals surface area contributed by atoms with Crippen LogP contribution in [0.25, 0.3) is 0 Å². The fourth-order valence-electron chi connectivity index (χ4n) is 3.22. The number of carbonyl (C=O) groups excluding carboxylic acids is 2. The van der Waals surface area contributed by atoms with E-state index >= 15 is 0 Å². The van der Waals surface area contributed by atoms with E-state index in [1.807, 2.05) is 30.0 Å². The Bertz CT molecular complexity index is 630. The molecule has 2 fully saturated rings. The van der Waals surface area contributed by atoms with E-state index in [9.17, 15) is 9.59 Å². The first-order chi connectivity index (χ1) is 12.1. The summed E-state index contributed by atoms with van der Waals surface area (Å²) in [7, 11) is 0. The van der Waals surface area contributed by atoms with Gasteiger partial charge in [-0.3, -0.25) is 9.59 Å². The monoisotopic (exact) mass is 341 g/mol. The van der Waals surface area contributed by atoms with Gasteiger partial charge in [0, 0.05) is 50.9 Å². The molecule has 1 N–H and O–H groups in total. The van der Waals surface area contributed by atoms with Gasteiger partial charge in [-0.05, 0) is 37.8 Å². The number of rotatable bonds is 6. The maximum Gasteiger partial charge on any atom is 0.243 e. The Balaban J connectivity index is 1.36. The molecule has 0 aromatic heterocycles. The van der Waals surface area contributed by atoms with E-state index < -0.39 is 0 Å². The van der Waals surface area contributed by atoms with Crippen molar-refractivity contribution in [3.05, 3.63) is 42.0 Å². The highest BCUT2D eigenvalue weighted by atomic mass is 16.2. The maximum atomic E-state index is 12.3. The van der Waals surface area contributed by atoms with Gasteiger partial charge in [-0.15, -0.1) is 0 Å². The van der Waals surface area contributed by atoms with E-state index in [1.54, 1.807) is 6.08 Å². The van der Waals surface area contributed by atoms with Gasteiger partial charge in [0.1, 0.15) is 0 Å². The van der Waals surface area contributed by atoms with Gasteiger partial charge in [0.2, 0.25) is 11.8 Å². The molecule has 25 heavy (non-hydrogen) atoms. The number of hydrogen-bond donors (Lipinski definition) is 1. The van der Waals surface area contributed by atoms with Gasteiger partial charge in [-0.1, -0.05) is 23.8 Å². The van der Waals surface area contributed by atoms with Crippen molar-refractivity contribution in [2.45, 2.75) is 26.2 Å². The van der Waals surface area contributed by atoms with Gasteiger partial charge in [-0.25, -0.2) is 0 Å². The van der Waals surface area contributed by atoms with Gasteiger partial charge in [0.05, 0.1) is 0 Å². The zero-order chi connectivity index (χ0) is 17.6. The van der Waals surface area contributed by atoms with Crippen LogP contribution in [-0.2, 0) is 9.59 Å². The Morgan fingerprint density at radius 1 is 1.12 bits per heavy atom. The van der Waals surface area contributed by atoms with Crippen LogP contribution in [0.4, 0.5) is 5.69 Å². The molecule has 0 unspecified atom stereocenters. The van der Waals surface area contributed by atoms with Crippen LogP contribution in [0.2, 0.25) is 0 Å². The standard InChI is InChI=1S/C20H27N3O2/c1-16(17-7-8-17)15-19(24)21-10-9-20(25)23-13-11-22(12-14-23)18-5-3-2-4-6-18/h2-6,15,17H,7-14H2,1H3,(H,21,24). The number of allylic oxidation sites excluding steroid dienone is 1. The third-order valence-corrected chi connectivity index (χ3v) is 4.97.